The van der Waals surface area contributed by atoms with Crippen LogP contribution in [0, 0.1) is 6.04 Å². The number of nitrogens with one attached hydrogen (secondary N) is 1. The number of aromatic amines is 1. The first-order valence-electron chi connectivity index (χ1n) is 4.47. The Bertz CT molecular complexity index is 316. The predicted molar refractivity (Wildman–Crippen MR) is 57.1 cm³/mol. The molecular formula is C9H15N4O3Zn-. The Labute approximate surface area is 112 Å². The minimum Gasteiger partial charge on any atom is -0.480 e. The molecule has 0 saturated heterocycles. The van der Waals surface area contributed by atoms with Gasteiger partial charge in [-0.2, -0.15) is 6.92 Å². The van der Waals surface area contributed by atoms with Crippen LogP contribution in [0.25, 0.3) is 0 Å². The van der Waals surface area contributed by atoms with E-state index in [1.165, 1.54) is 6.33 Å². The van der Waals surface area contributed by atoms with Gasteiger partial charge in [0.1, 0.15) is 6.04 Å². The fourth-order valence-corrected chi connectivity index (χ4v) is 0.721. The molecule has 0 bridgehead atoms. The van der Waals surface area contributed by atoms with E-state index in [4.69, 9.17) is 16.6 Å². The van der Waals surface area contributed by atoms with Crippen LogP contribution in [-0.4, -0.2) is 33.4 Å². The second-order valence-electron chi connectivity index (χ2n) is 3.09. The van der Waals surface area contributed by atoms with Crippen LogP contribution in [0.1, 0.15) is 12.6 Å². The monoisotopic (exact) mass is 291 g/mol. The summed E-state index contributed by atoms with van der Waals surface area (Å²) in [4.78, 5) is 26.1. The van der Waals surface area contributed by atoms with Crippen molar-refractivity contribution in [2.24, 2.45) is 11.5 Å². The maximum absolute atomic E-state index is 10.3. The molecule has 0 fully saturated rings. The van der Waals surface area contributed by atoms with Crippen molar-refractivity contribution in [2.75, 3.05) is 0 Å². The third kappa shape index (κ3) is 9.68. The quantitative estimate of drug-likeness (QED) is 0.321. The fourth-order valence-electron chi connectivity index (χ4n) is 0.721. The van der Waals surface area contributed by atoms with E-state index in [1.807, 2.05) is 0 Å². The van der Waals surface area contributed by atoms with Crippen LogP contribution in [-0.2, 0) is 35.5 Å². The first kappa shape index (κ1) is 18.1. The summed E-state index contributed by atoms with van der Waals surface area (Å²) in [5.74, 6) is -1.00. The molecular weight excluding hydrogens is 278 g/mol. The number of H-pyrrole nitrogens is 1. The zero-order valence-corrected chi connectivity index (χ0v) is 12.6. The van der Waals surface area contributed by atoms with Gasteiger partial charge in [0.15, 0.2) is 0 Å². The van der Waals surface area contributed by atoms with Gasteiger partial charge in [0, 0.05) is 37.8 Å². The Morgan fingerprint density at radius 2 is 2.29 bits per heavy atom. The van der Waals surface area contributed by atoms with Gasteiger partial charge in [-0.05, 0) is 6.29 Å². The summed E-state index contributed by atoms with van der Waals surface area (Å²) in [6, 6.07) is -0.527. The minimum absolute atomic E-state index is 0. The number of hydrogen-bond acceptors (Lipinski definition) is 5. The molecule has 0 spiro atoms. The number of aliphatic carboxylic acids is 1. The summed E-state index contributed by atoms with van der Waals surface area (Å²) in [7, 11) is 0. The van der Waals surface area contributed by atoms with Gasteiger partial charge in [-0.3, -0.25) is 10.8 Å². The summed E-state index contributed by atoms with van der Waals surface area (Å²) in [6.07, 6.45) is 3.95. The van der Waals surface area contributed by atoms with Crippen LogP contribution in [0.3, 0.4) is 0 Å². The first-order chi connectivity index (χ1) is 7.47. The van der Waals surface area contributed by atoms with Crippen molar-refractivity contribution in [3.8, 4) is 0 Å². The van der Waals surface area contributed by atoms with E-state index in [9.17, 15) is 9.59 Å². The number of aromatic nitrogens is 2. The molecule has 6 N–H and O–H groups in total. The second-order valence-corrected chi connectivity index (χ2v) is 3.09. The molecule has 0 unspecified atom stereocenters. The maximum Gasteiger partial charge on any atom is 0.320 e. The van der Waals surface area contributed by atoms with E-state index in [0.29, 0.717) is 12.3 Å². The Morgan fingerprint density at radius 1 is 1.76 bits per heavy atom. The molecule has 1 aromatic heterocycles. The largest absolute Gasteiger partial charge is 0.480 e. The molecule has 0 amide bonds. The van der Waals surface area contributed by atoms with Crippen molar-refractivity contribution < 1.29 is 34.2 Å². The average Bonchev–Trinajstić information content (AvgIpc) is 2.71. The van der Waals surface area contributed by atoms with Crippen molar-refractivity contribution in [3.05, 3.63) is 24.3 Å². The molecule has 0 aliphatic carbocycles. The molecule has 0 saturated carbocycles. The topological polar surface area (TPSA) is 135 Å². The Hall–Kier alpha value is -1.24. The SMILES string of the molecule is C[C-](N)C=O.N[C@@H](Cc1cnc[nH]1)C(=O)O.[Zn]. The normalized spacial score (nSPS) is 10.3. The van der Waals surface area contributed by atoms with Gasteiger partial charge in [0.25, 0.3) is 0 Å². The molecule has 0 aromatic carbocycles. The van der Waals surface area contributed by atoms with E-state index >= 15 is 0 Å². The molecule has 1 atom stereocenters. The van der Waals surface area contributed by atoms with Crippen molar-refractivity contribution >= 4 is 12.3 Å². The number of rotatable bonds is 4. The molecule has 1 rings (SSSR count). The molecule has 0 aliphatic heterocycles. The van der Waals surface area contributed by atoms with E-state index in [-0.39, 0.29) is 25.9 Å². The van der Waals surface area contributed by atoms with Crippen molar-refractivity contribution in [2.45, 2.75) is 19.4 Å². The van der Waals surface area contributed by atoms with Crippen molar-refractivity contribution in [3.63, 3.8) is 0 Å². The molecule has 0 radical (unpaired) electrons. The molecule has 17 heavy (non-hydrogen) atoms. The number of nitrogens with two attached hydrogens (primary N) is 2. The van der Waals surface area contributed by atoms with E-state index in [2.05, 4.69) is 9.97 Å². The number of hydrogen-bond donors (Lipinski definition) is 4. The van der Waals surface area contributed by atoms with Crippen LogP contribution in [0.2, 0.25) is 0 Å². The molecule has 1 aromatic rings. The van der Waals surface area contributed by atoms with Crippen LogP contribution >= 0.6 is 0 Å². The van der Waals surface area contributed by atoms with Gasteiger partial charge < -0.3 is 26.4 Å². The third-order valence-electron chi connectivity index (χ3n) is 1.50. The third-order valence-corrected chi connectivity index (χ3v) is 1.50. The first-order valence-corrected chi connectivity index (χ1v) is 4.47. The summed E-state index contributed by atoms with van der Waals surface area (Å²) in [6.45, 7) is 1.55. The number of aldehydes is 1. The summed E-state index contributed by atoms with van der Waals surface area (Å²) in [5, 5.41) is 8.42. The molecule has 8 heteroatoms. The van der Waals surface area contributed by atoms with Crippen LogP contribution < -0.4 is 11.5 Å². The van der Waals surface area contributed by atoms with Crippen LogP contribution in [0.5, 0.6) is 0 Å². The Morgan fingerprint density at radius 3 is 2.59 bits per heavy atom. The summed E-state index contributed by atoms with van der Waals surface area (Å²) in [5.41, 5.74) is 10.8. The standard InChI is InChI=1S/C6H9N3O2.C3H6NO.Zn/c7-5(6(10)11)1-4-2-8-3-9-4;1-3(4)2-5;/h2-3,5H,1,7H2,(H,8,9)(H,10,11);2H,4H2,1H3;/q;-1;/t5-;;/m0../s1. The Kier molecular flexibility index (Phi) is 10.6. The number of imidazole rings is 1. The Balaban J connectivity index is 0. The van der Waals surface area contributed by atoms with Gasteiger partial charge in [0.05, 0.1) is 6.33 Å². The van der Waals surface area contributed by atoms with Gasteiger partial charge in [-0.25, -0.2) is 4.98 Å². The average molecular weight is 293 g/mol. The number of carboxylic acids is 1. The molecule has 1 heterocycles. The van der Waals surface area contributed by atoms with Gasteiger partial charge in [-0.1, -0.05) is 0 Å². The number of nitrogens with zero attached hydrogens (tertiary/aromatic N) is 1. The van der Waals surface area contributed by atoms with Crippen molar-refractivity contribution in [1.29, 1.82) is 0 Å². The molecule has 7 nitrogen and oxygen atoms in total. The predicted octanol–water partition coefficient (Wildman–Crippen LogP) is -0.943. The van der Waals surface area contributed by atoms with E-state index in [0.717, 1.165) is 5.69 Å². The van der Waals surface area contributed by atoms with Gasteiger partial charge in [0.2, 0.25) is 0 Å². The van der Waals surface area contributed by atoms with Crippen LogP contribution in [0.4, 0.5) is 0 Å². The van der Waals surface area contributed by atoms with E-state index < -0.39 is 12.0 Å². The minimum atomic E-state index is -1.00. The van der Waals surface area contributed by atoms with Gasteiger partial charge >= 0.3 is 5.97 Å². The number of carboxylic acid groups (broad SMARTS) is 1. The maximum atomic E-state index is 10.3. The second kappa shape index (κ2) is 9.95. The van der Waals surface area contributed by atoms with Crippen LogP contribution in [0.15, 0.2) is 12.5 Å². The van der Waals surface area contributed by atoms with Crippen molar-refractivity contribution in [1.82, 2.24) is 9.97 Å². The summed E-state index contributed by atoms with van der Waals surface area (Å²) < 4.78 is 0. The number of carbonyl (C=O) groups excluding carboxylic acids is 1. The van der Waals surface area contributed by atoms with Gasteiger partial charge in [-0.15, -0.1) is 0 Å². The van der Waals surface area contributed by atoms with E-state index in [1.54, 1.807) is 13.1 Å². The smallest absolute Gasteiger partial charge is 0.320 e. The zero-order valence-electron chi connectivity index (χ0n) is 9.59. The zero-order chi connectivity index (χ0) is 12.6. The summed E-state index contributed by atoms with van der Waals surface area (Å²) >= 11 is 0. The number of carbonyl (C=O) groups is 2. The molecule has 92 valence electrons. The fraction of sp³-hybridized carbons (Fsp3) is 0.333. The molecule has 0 aliphatic rings.